The van der Waals surface area contributed by atoms with Crippen LogP contribution in [0.15, 0.2) is 17.6 Å². The van der Waals surface area contributed by atoms with Crippen LogP contribution in [-0.2, 0) is 0 Å². The molecule has 2 aromatic heterocycles. The summed E-state index contributed by atoms with van der Waals surface area (Å²) in [5.74, 6) is 0.613. The fourth-order valence-electron chi connectivity index (χ4n) is 3.40. The lowest BCUT2D eigenvalue weighted by molar-refractivity contribution is 0.0618. The van der Waals surface area contributed by atoms with Crippen molar-refractivity contribution in [3.8, 4) is 0 Å². The smallest absolute Gasteiger partial charge is 0.270 e. The molecule has 2 bridgehead atoms. The van der Waals surface area contributed by atoms with E-state index in [1.54, 1.807) is 11.3 Å². The van der Waals surface area contributed by atoms with Crippen molar-refractivity contribution < 1.29 is 4.79 Å². The summed E-state index contributed by atoms with van der Waals surface area (Å²) in [7, 11) is 0. The number of rotatable bonds is 2. The van der Waals surface area contributed by atoms with Crippen LogP contribution in [0.5, 0.6) is 0 Å². The molecule has 0 aromatic carbocycles. The number of carbonyl (C=O) groups is 1. The average molecular weight is 413 g/mol. The van der Waals surface area contributed by atoms with Gasteiger partial charge in [0.05, 0.1) is 4.70 Å². The SMILES string of the molecule is O=C(N[C@H]1CN2CCC1CC2)c1cc2c(I)csc2cn1. The van der Waals surface area contributed by atoms with Gasteiger partial charge in [-0.2, -0.15) is 0 Å². The first-order valence-electron chi connectivity index (χ1n) is 7.26. The zero-order valence-corrected chi connectivity index (χ0v) is 14.5. The predicted octanol–water partition coefficient (Wildman–Crippen LogP) is 2.72. The number of aromatic nitrogens is 1. The lowest BCUT2D eigenvalue weighted by atomic mass is 9.84. The lowest BCUT2D eigenvalue weighted by Gasteiger charge is -2.44. The second-order valence-corrected chi connectivity index (χ2v) is 7.94. The molecular weight excluding hydrogens is 397 g/mol. The maximum atomic E-state index is 12.5. The van der Waals surface area contributed by atoms with Crippen molar-refractivity contribution in [1.82, 2.24) is 15.2 Å². The van der Waals surface area contributed by atoms with Gasteiger partial charge in [-0.25, -0.2) is 4.98 Å². The third-order valence-corrected chi connectivity index (χ3v) is 6.87. The number of carbonyl (C=O) groups excluding carboxylic acids is 1. The second kappa shape index (κ2) is 5.48. The van der Waals surface area contributed by atoms with E-state index < -0.39 is 0 Å². The van der Waals surface area contributed by atoms with Gasteiger partial charge in [-0.05, 0) is 60.5 Å². The first kappa shape index (κ1) is 13.9. The van der Waals surface area contributed by atoms with E-state index in [2.05, 4.69) is 43.2 Å². The molecule has 3 aliphatic rings. The second-order valence-electron chi connectivity index (χ2n) is 5.87. The standard InChI is InChI=1S/C15H16IN3OS/c16-11-8-21-14-6-17-12(5-10(11)14)15(20)18-13-7-19-3-1-9(13)2-4-19/h5-6,8-9,13H,1-4,7H2,(H,18,20)/t13-/m0/s1. The van der Waals surface area contributed by atoms with Crippen LogP contribution in [0.2, 0.25) is 0 Å². The third-order valence-electron chi connectivity index (χ3n) is 4.62. The van der Waals surface area contributed by atoms with Crippen molar-refractivity contribution >= 4 is 49.9 Å². The highest BCUT2D eigenvalue weighted by Gasteiger charge is 2.35. The van der Waals surface area contributed by atoms with Crippen molar-refractivity contribution in [3.05, 3.63) is 26.9 Å². The summed E-state index contributed by atoms with van der Waals surface area (Å²) in [6.45, 7) is 3.37. The summed E-state index contributed by atoms with van der Waals surface area (Å²) < 4.78 is 2.32. The van der Waals surface area contributed by atoms with Crippen LogP contribution in [-0.4, -0.2) is 41.5 Å². The van der Waals surface area contributed by atoms with E-state index in [-0.39, 0.29) is 5.91 Å². The summed E-state index contributed by atoms with van der Waals surface area (Å²) in [4.78, 5) is 19.3. The monoisotopic (exact) mass is 413 g/mol. The van der Waals surface area contributed by atoms with Gasteiger partial charge >= 0.3 is 0 Å². The summed E-state index contributed by atoms with van der Waals surface area (Å²) in [6.07, 6.45) is 4.23. The number of piperidine rings is 3. The topological polar surface area (TPSA) is 45.2 Å². The minimum absolute atomic E-state index is 0.0300. The van der Waals surface area contributed by atoms with Gasteiger partial charge in [0.2, 0.25) is 0 Å². The molecule has 0 saturated carbocycles. The Balaban J connectivity index is 1.54. The zero-order chi connectivity index (χ0) is 14.4. The average Bonchev–Trinajstić information content (AvgIpc) is 2.89. The number of thiophene rings is 1. The Morgan fingerprint density at radius 2 is 2.24 bits per heavy atom. The largest absolute Gasteiger partial charge is 0.346 e. The van der Waals surface area contributed by atoms with Crippen molar-refractivity contribution in [1.29, 1.82) is 0 Å². The minimum atomic E-state index is -0.0300. The highest BCUT2D eigenvalue weighted by Crippen LogP contribution is 2.29. The Labute approximate surface area is 141 Å². The number of halogens is 1. The summed E-state index contributed by atoms with van der Waals surface area (Å²) in [6, 6.07) is 2.21. The molecule has 2 aromatic rings. The zero-order valence-electron chi connectivity index (χ0n) is 11.5. The maximum absolute atomic E-state index is 12.5. The number of hydrogen-bond donors (Lipinski definition) is 1. The molecule has 0 radical (unpaired) electrons. The van der Waals surface area contributed by atoms with Crippen LogP contribution in [0.4, 0.5) is 0 Å². The van der Waals surface area contributed by atoms with Crippen LogP contribution < -0.4 is 5.32 Å². The normalized spacial score (nSPS) is 28.0. The molecule has 6 heteroatoms. The van der Waals surface area contributed by atoms with E-state index in [9.17, 15) is 4.79 Å². The molecule has 1 N–H and O–H groups in total. The summed E-state index contributed by atoms with van der Waals surface area (Å²) in [5, 5.41) is 6.43. The van der Waals surface area contributed by atoms with Gasteiger partial charge in [0.1, 0.15) is 5.69 Å². The van der Waals surface area contributed by atoms with Crippen LogP contribution in [0, 0.1) is 9.49 Å². The molecule has 110 valence electrons. The molecule has 0 aliphatic carbocycles. The molecular formula is C15H16IN3OS. The Morgan fingerprint density at radius 1 is 1.43 bits per heavy atom. The number of pyridine rings is 1. The highest BCUT2D eigenvalue weighted by atomic mass is 127. The van der Waals surface area contributed by atoms with Crippen molar-refractivity contribution in [2.45, 2.75) is 18.9 Å². The van der Waals surface area contributed by atoms with Crippen molar-refractivity contribution in [2.75, 3.05) is 19.6 Å². The quantitative estimate of drug-likeness (QED) is 0.771. The van der Waals surface area contributed by atoms with Gasteiger partial charge in [0.15, 0.2) is 0 Å². The first-order chi connectivity index (χ1) is 10.2. The fraction of sp³-hybridized carbons (Fsp3) is 0.467. The molecule has 0 spiro atoms. The maximum Gasteiger partial charge on any atom is 0.270 e. The van der Waals surface area contributed by atoms with Crippen LogP contribution in [0.1, 0.15) is 23.3 Å². The molecule has 0 unspecified atom stereocenters. The molecule has 4 nitrogen and oxygen atoms in total. The van der Waals surface area contributed by atoms with E-state index in [4.69, 9.17) is 0 Å². The van der Waals surface area contributed by atoms with E-state index in [1.165, 1.54) is 29.5 Å². The Hall–Kier alpha value is -0.730. The number of nitrogens with one attached hydrogen (secondary N) is 1. The Kier molecular flexibility index (Phi) is 3.63. The Morgan fingerprint density at radius 3 is 2.95 bits per heavy atom. The minimum Gasteiger partial charge on any atom is -0.346 e. The van der Waals surface area contributed by atoms with Gasteiger partial charge in [-0.1, -0.05) is 0 Å². The van der Waals surface area contributed by atoms with Crippen molar-refractivity contribution in [2.24, 2.45) is 5.92 Å². The van der Waals surface area contributed by atoms with Crippen LogP contribution in [0.3, 0.4) is 0 Å². The van der Waals surface area contributed by atoms with Crippen molar-refractivity contribution in [3.63, 3.8) is 0 Å². The molecule has 1 amide bonds. The highest BCUT2D eigenvalue weighted by molar-refractivity contribution is 14.1. The van der Waals surface area contributed by atoms with E-state index >= 15 is 0 Å². The van der Waals surface area contributed by atoms with E-state index in [1.807, 2.05) is 12.3 Å². The molecule has 1 atom stereocenters. The molecule has 5 heterocycles. The van der Waals surface area contributed by atoms with Gasteiger partial charge < -0.3 is 10.2 Å². The lowest BCUT2D eigenvalue weighted by Crippen LogP contribution is -2.57. The third kappa shape index (κ3) is 2.57. The summed E-state index contributed by atoms with van der Waals surface area (Å²) >= 11 is 3.98. The number of amides is 1. The molecule has 5 rings (SSSR count). The molecule has 3 aliphatic heterocycles. The molecule has 3 saturated heterocycles. The van der Waals surface area contributed by atoms with Gasteiger partial charge in [0.25, 0.3) is 5.91 Å². The number of fused-ring (bicyclic) bond motifs is 4. The summed E-state index contributed by atoms with van der Waals surface area (Å²) in [5.41, 5.74) is 0.537. The van der Waals surface area contributed by atoms with Crippen LogP contribution in [0.25, 0.3) is 10.1 Å². The molecule has 21 heavy (non-hydrogen) atoms. The number of nitrogens with zero attached hydrogens (tertiary/aromatic N) is 2. The first-order valence-corrected chi connectivity index (χ1v) is 9.22. The van der Waals surface area contributed by atoms with Gasteiger partial charge in [-0.15, -0.1) is 11.3 Å². The fourth-order valence-corrected chi connectivity index (χ4v) is 5.17. The van der Waals surface area contributed by atoms with Gasteiger partial charge in [0, 0.05) is 33.1 Å². The predicted molar refractivity (Wildman–Crippen MR) is 92.8 cm³/mol. The van der Waals surface area contributed by atoms with E-state index in [0.717, 1.165) is 16.6 Å². The van der Waals surface area contributed by atoms with E-state index in [0.29, 0.717) is 17.7 Å². The molecule has 3 fully saturated rings. The Bertz CT molecular complexity index is 693. The van der Waals surface area contributed by atoms with Crippen LogP contribution >= 0.6 is 33.9 Å². The number of hydrogen-bond acceptors (Lipinski definition) is 4. The van der Waals surface area contributed by atoms with Gasteiger partial charge in [-0.3, -0.25) is 4.79 Å².